The van der Waals surface area contributed by atoms with Gasteiger partial charge in [0.15, 0.2) is 5.65 Å². The zero-order valence-electron chi connectivity index (χ0n) is 19.3. The Bertz CT molecular complexity index is 1180. The van der Waals surface area contributed by atoms with Gasteiger partial charge in [-0.15, -0.1) is 0 Å². The minimum Gasteiger partial charge on any atom is -0.369 e. The number of rotatable bonds is 7. The molecule has 0 radical (unpaired) electrons. The third-order valence-corrected chi connectivity index (χ3v) is 7.41. The smallest absolute Gasteiger partial charge is 0.165 e. The molecular formula is C26H31Cl2N5. The van der Waals surface area contributed by atoms with Crippen LogP contribution in [0.15, 0.2) is 24.3 Å². The number of anilines is 1. The van der Waals surface area contributed by atoms with Gasteiger partial charge in [0.25, 0.3) is 0 Å². The van der Waals surface area contributed by atoms with Crippen molar-refractivity contribution in [1.29, 1.82) is 0 Å². The van der Waals surface area contributed by atoms with Gasteiger partial charge >= 0.3 is 0 Å². The molecule has 2 heterocycles. The van der Waals surface area contributed by atoms with Crippen molar-refractivity contribution in [3.05, 3.63) is 51.3 Å². The van der Waals surface area contributed by atoms with E-state index in [1.165, 1.54) is 37.7 Å². The molecule has 0 spiro atoms. The zero-order valence-corrected chi connectivity index (χ0v) is 20.9. The van der Waals surface area contributed by atoms with Crippen LogP contribution in [0.1, 0.15) is 61.9 Å². The Labute approximate surface area is 205 Å². The largest absolute Gasteiger partial charge is 0.369 e. The van der Waals surface area contributed by atoms with E-state index in [1.54, 1.807) is 0 Å². The fourth-order valence-electron chi connectivity index (χ4n) is 5.19. The third kappa shape index (κ3) is 4.64. The van der Waals surface area contributed by atoms with Crippen molar-refractivity contribution in [1.82, 2.24) is 19.9 Å². The second kappa shape index (κ2) is 9.65. The summed E-state index contributed by atoms with van der Waals surface area (Å²) in [5.41, 5.74) is 6.70. The van der Waals surface area contributed by atoms with Gasteiger partial charge in [0.2, 0.25) is 0 Å². The van der Waals surface area contributed by atoms with Crippen molar-refractivity contribution >= 4 is 40.2 Å². The molecule has 2 aromatic heterocycles. The van der Waals surface area contributed by atoms with Crippen LogP contribution >= 0.6 is 23.2 Å². The standard InChI is InChI=1S/C26H31Cl2N5/c1-16-13-23(30-12-11-29-20-9-5-6-10-20)33-26(31-16)24(17(2)32-33)25-21(27)14-19(15-22(25)28)18-7-3-4-8-18/h7,13-15,20,29-30H,3-6,8-12H2,1-2H3. The highest BCUT2D eigenvalue weighted by Crippen LogP contribution is 2.42. The van der Waals surface area contributed by atoms with Gasteiger partial charge in [0.1, 0.15) is 5.82 Å². The first-order valence-electron chi connectivity index (χ1n) is 12.0. The van der Waals surface area contributed by atoms with Crippen molar-refractivity contribution in [2.75, 3.05) is 18.4 Å². The summed E-state index contributed by atoms with van der Waals surface area (Å²) in [5.74, 6) is 0.931. The molecule has 2 N–H and O–H groups in total. The highest BCUT2D eigenvalue weighted by molar-refractivity contribution is 6.40. The molecular weight excluding hydrogens is 453 g/mol. The van der Waals surface area contributed by atoms with E-state index >= 15 is 0 Å². The van der Waals surface area contributed by atoms with Crippen LogP contribution in [-0.4, -0.2) is 33.7 Å². The van der Waals surface area contributed by atoms with E-state index in [1.807, 2.05) is 36.6 Å². The maximum atomic E-state index is 6.82. The molecule has 1 fully saturated rings. The first-order valence-corrected chi connectivity index (χ1v) is 12.8. The molecule has 1 aromatic carbocycles. The fraction of sp³-hybridized carbons (Fsp3) is 0.462. The van der Waals surface area contributed by atoms with Crippen LogP contribution in [0.4, 0.5) is 5.82 Å². The summed E-state index contributed by atoms with van der Waals surface area (Å²) >= 11 is 13.6. The van der Waals surface area contributed by atoms with Crippen LogP contribution in [0.2, 0.25) is 10.0 Å². The SMILES string of the molecule is Cc1cc(NCCNC2CCCC2)n2nc(C)c(-c3c(Cl)cc(C4=CCCC4)cc3Cl)c2n1. The molecule has 0 saturated heterocycles. The van der Waals surface area contributed by atoms with Gasteiger partial charge in [-0.2, -0.15) is 9.61 Å². The summed E-state index contributed by atoms with van der Waals surface area (Å²) in [4.78, 5) is 4.82. The number of halogens is 2. The van der Waals surface area contributed by atoms with Gasteiger partial charge < -0.3 is 10.6 Å². The number of nitrogens with zero attached hydrogens (tertiary/aromatic N) is 3. The van der Waals surface area contributed by atoms with Crippen molar-refractivity contribution in [3.63, 3.8) is 0 Å². The highest BCUT2D eigenvalue weighted by Gasteiger charge is 2.22. The Morgan fingerprint density at radius 1 is 1.00 bits per heavy atom. The molecule has 3 aromatic rings. The van der Waals surface area contributed by atoms with E-state index in [0.717, 1.165) is 65.5 Å². The van der Waals surface area contributed by atoms with E-state index in [0.29, 0.717) is 16.1 Å². The lowest BCUT2D eigenvalue weighted by Crippen LogP contribution is -2.31. The van der Waals surface area contributed by atoms with Crippen molar-refractivity contribution in [2.24, 2.45) is 0 Å². The molecule has 0 amide bonds. The average molecular weight is 484 g/mol. The van der Waals surface area contributed by atoms with Crippen molar-refractivity contribution in [2.45, 2.75) is 64.8 Å². The van der Waals surface area contributed by atoms with Crippen molar-refractivity contribution in [3.8, 4) is 11.1 Å². The van der Waals surface area contributed by atoms with Gasteiger partial charge in [0.05, 0.1) is 21.3 Å². The minimum atomic E-state index is 0.641. The topological polar surface area (TPSA) is 54.2 Å². The molecule has 2 aliphatic rings. The quantitative estimate of drug-likeness (QED) is 0.361. The molecule has 0 unspecified atom stereocenters. The Balaban J connectivity index is 1.46. The molecule has 1 saturated carbocycles. The monoisotopic (exact) mass is 483 g/mol. The lowest BCUT2D eigenvalue weighted by molar-refractivity contribution is 0.535. The van der Waals surface area contributed by atoms with Gasteiger partial charge in [0, 0.05) is 36.5 Å². The Morgan fingerprint density at radius 2 is 1.76 bits per heavy atom. The number of nitrogens with one attached hydrogen (secondary N) is 2. The molecule has 7 heteroatoms. The number of aryl methyl sites for hydroxylation is 2. The highest BCUT2D eigenvalue weighted by atomic mass is 35.5. The van der Waals surface area contributed by atoms with Crippen LogP contribution in [0.25, 0.3) is 22.3 Å². The Kier molecular flexibility index (Phi) is 6.64. The molecule has 0 bridgehead atoms. The molecule has 174 valence electrons. The van der Waals surface area contributed by atoms with E-state index < -0.39 is 0 Å². The molecule has 2 aliphatic carbocycles. The van der Waals surface area contributed by atoms with E-state index in [2.05, 4.69) is 16.7 Å². The summed E-state index contributed by atoms with van der Waals surface area (Å²) in [7, 11) is 0. The molecule has 0 atom stereocenters. The number of aromatic nitrogens is 3. The number of fused-ring (bicyclic) bond motifs is 1. The zero-order chi connectivity index (χ0) is 22.9. The Hall–Kier alpha value is -2.08. The fourth-order valence-corrected chi connectivity index (χ4v) is 5.87. The lowest BCUT2D eigenvalue weighted by atomic mass is 9.99. The third-order valence-electron chi connectivity index (χ3n) is 6.82. The lowest BCUT2D eigenvalue weighted by Gasteiger charge is -2.14. The molecule has 5 nitrogen and oxygen atoms in total. The summed E-state index contributed by atoms with van der Waals surface area (Å²) in [6, 6.07) is 6.77. The minimum absolute atomic E-state index is 0.641. The van der Waals surface area contributed by atoms with E-state index in [9.17, 15) is 0 Å². The van der Waals surface area contributed by atoms with Gasteiger partial charge in [-0.1, -0.05) is 42.1 Å². The van der Waals surface area contributed by atoms with Gasteiger partial charge in [-0.05, 0) is 69.2 Å². The molecule has 33 heavy (non-hydrogen) atoms. The van der Waals surface area contributed by atoms with Crippen LogP contribution < -0.4 is 10.6 Å². The van der Waals surface area contributed by atoms with Crippen LogP contribution in [0, 0.1) is 13.8 Å². The summed E-state index contributed by atoms with van der Waals surface area (Å²) in [6.45, 7) is 5.75. The molecule has 5 rings (SSSR count). The first-order chi connectivity index (χ1) is 16.0. The van der Waals surface area contributed by atoms with Crippen LogP contribution in [-0.2, 0) is 0 Å². The van der Waals surface area contributed by atoms with Gasteiger partial charge in [-0.25, -0.2) is 4.98 Å². The molecule has 0 aliphatic heterocycles. The summed E-state index contributed by atoms with van der Waals surface area (Å²) in [6.07, 6.45) is 10.9. The normalized spacial score (nSPS) is 16.7. The average Bonchev–Trinajstić information content (AvgIpc) is 3.53. The van der Waals surface area contributed by atoms with Crippen molar-refractivity contribution < 1.29 is 0 Å². The first kappa shape index (κ1) is 22.7. The Morgan fingerprint density at radius 3 is 2.45 bits per heavy atom. The number of allylic oxidation sites excluding steroid dienone is 2. The second-order valence-electron chi connectivity index (χ2n) is 9.28. The predicted molar refractivity (Wildman–Crippen MR) is 138 cm³/mol. The van der Waals surface area contributed by atoms with E-state index in [4.69, 9.17) is 33.3 Å². The maximum Gasteiger partial charge on any atom is 0.165 e. The second-order valence-corrected chi connectivity index (χ2v) is 10.1. The van der Waals surface area contributed by atoms with E-state index in [-0.39, 0.29) is 0 Å². The maximum absolute atomic E-state index is 6.82. The summed E-state index contributed by atoms with van der Waals surface area (Å²) < 4.78 is 1.88. The number of hydrogen-bond donors (Lipinski definition) is 2. The summed E-state index contributed by atoms with van der Waals surface area (Å²) in [5, 5.41) is 13.3. The van der Waals surface area contributed by atoms with Gasteiger partial charge in [-0.3, -0.25) is 0 Å². The number of benzene rings is 1. The number of hydrogen-bond acceptors (Lipinski definition) is 4. The van der Waals surface area contributed by atoms with Crippen LogP contribution in [0.5, 0.6) is 0 Å². The van der Waals surface area contributed by atoms with Crippen LogP contribution in [0.3, 0.4) is 0 Å². The predicted octanol–water partition coefficient (Wildman–Crippen LogP) is 6.83.